The smallest absolute Gasteiger partial charge is 0.256 e. The highest BCUT2D eigenvalue weighted by Crippen LogP contribution is 2.48. The van der Waals surface area contributed by atoms with Crippen LogP contribution in [-0.2, 0) is 4.79 Å². The number of β-lactam (4-membered cyclic amide) rings is 1. The van der Waals surface area contributed by atoms with E-state index in [0.29, 0.717) is 40.0 Å². The third-order valence-electron chi connectivity index (χ3n) is 4.73. The van der Waals surface area contributed by atoms with Gasteiger partial charge in [-0.3, -0.25) is 9.69 Å². The summed E-state index contributed by atoms with van der Waals surface area (Å²) in [5.41, 5.74) is 1.96. The van der Waals surface area contributed by atoms with Gasteiger partial charge in [0.15, 0.2) is 23.0 Å². The van der Waals surface area contributed by atoms with Crippen molar-refractivity contribution in [3.05, 3.63) is 48.0 Å². The monoisotopic (exact) mass is 385 g/mol. The number of hydrogen-bond acceptors (Lipinski definition) is 6. The summed E-state index contributed by atoms with van der Waals surface area (Å²) < 4.78 is 26.9. The molecule has 2 aromatic rings. The van der Waals surface area contributed by atoms with E-state index in [2.05, 4.69) is 6.58 Å². The Labute approximate surface area is 164 Å². The molecule has 148 valence electrons. The van der Waals surface area contributed by atoms with Crippen LogP contribution in [0.3, 0.4) is 0 Å². The van der Waals surface area contributed by atoms with Crippen molar-refractivity contribution in [2.45, 2.75) is 6.04 Å². The maximum atomic E-state index is 12.6. The van der Waals surface area contributed by atoms with E-state index in [9.17, 15) is 4.79 Å². The molecule has 0 N–H and O–H groups in total. The molecule has 1 atom stereocenters. The number of hydrogen-bond donors (Lipinski definition) is 0. The lowest BCUT2D eigenvalue weighted by Gasteiger charge is -2.42. The first-order valence-electron chi connectivity index (χ1n) is 8.55. The highest BCUT2D eigenvalue weighted by atomic mass is 16.5. The van der Waals surface area contributed by atoms with Crippen LogP contribution >= 0.6 is 0 Å². The Bertz CT molecular complexity index is 898. The Hall–Kier alpha value is -3.35. The zero-order chi connectivity index (χ0) is 20.4. The van der Waals surface area contributed by atoms with Crippen LogP contribution in [0.1, 0.15) is 11.6 Å². The average Bonchev–Trinajstić information content (AvgIpc) is 2.74. The second-order valence-corrected chi connectivity index (χ2v) is 6.10. The maximum absolute atomic E-state index is 12.6. The topological polar surface area (TPSA) is 66.5 Å². The minimum absolute atomic E-state index is 0.172. The quantitative estimate of drug-likeness (QED) is 0.538. The molecule has 1 heterocycles. The molecular weight excluding hydrogens is 362 g/mol. The average molecular weight is 385 g/mol. The second-order valence-electron chi connectivity index (χ2n) is 6.10. The minimum atomic E-state index is -0.338. The highest BCUT2D eigenvalue weighted by Gasteiger charge is 2.43. The molecule has 1 aliphatic heterocycles. The van der Waals surface area contributed by atoms with Gasteiger partial charge in [0, 0.05) is 17.7 Å². The Morgan fingerprint density at radius 1 is 0.786 bits per heavy atom. The fourth-order valence-corrected chi connectivity index (χ4v) is 3.32. The van der Waals surface area contributed by atoms with Crippen LogP contribution in [0.25, 0.3) is 0 Å². The first-order valence-corrected chi connectivity index (χ1v) is 8.55. The largest absolute Gasteiger partial charge is 0.493 e. The Morgan fingerprint density at radius 3 is 1.86 bits per heavy atom. The van der Waals surface area contributed by atoms with E-state index in [-0.39, 0.29) is 11.9 Å². The number of rotatable bonds is 7. The molecule has 0 bridgehead atoms. The second kappa shape index (κ2) is 7.72. The molecule has 1 aliphatic rings. The van der Waals surface area contributed by atoms with Gasteiger partial charge in [0.2, 0.25) is 5.75 Å². The van der Waals surface area contributed by atoms with E-state index in [4.69, 9.17) is 23.7 Å². The number of carbonyl (C=O) groups is 1. The summed E-state index contributed by atoms with van der Waals surface area (Å²) in [4.78, 5) is 14.3. The summed E-state index contributed by atoms with van der Waals surface area (Å²) in [6.07, 6.45) is 0. The van der Waals surface area contributed by atoms with Crippen molar-refractivity contribution < 1.29 is 28.5 Å². The van der Waals surface area contributed by atoms with E-state index in [1.807, 2.05) is 12.1 Å². The Morgan fingerprint density at radius 2 is 1.36 bits per heavy atom. The predicted octanol–water partition coefficient (Wildman–Crippen LogP) is 3.37. The number of nitrogens with zero attached hydrogens (tertiary/aromatic N) is 1. The number of amides is 1. The van der Waals surface area contributed by atoms with Gasteiger partial charge in [-0.15, -0.1) is 0 Å². The molecule has 0 radical (unpaired) electrons. The van der Waals surface area contributed by atoms with Gasteiger partial charge in [-0.05, 0) is 17.7 Å². The van der Waals surface area contributed by atoms with Gasteiger partial charge in [0.05, 0.1) is 47.3 Å². The zero-order valence-electron chi connectivity index (χ0n) is 16.6. The fraction of sp³-hybridized carbons (Fsp3) is 0.286. The van der Waals surface area contributed by atoms with Crippen molar-refractivity contribution in [1.29, 1.82) is 0 Å². The highest BCUT2D eigenvalue weighted by molar-refractivity contribution is 6.15. The van der Waals surface area contributed by atoms with Crippen LogP contribution in [-0.4, -0.2) is 41.5 Å². The van der Waals surface area contributed by atoms with Crippen LogP contribution in [0.2, 0.25) is 0 Å². The van der Waals surface area contributed by atoms with Crippen molar-refractivity contribution in [1.82, 2.24) is 0 Å². The summed E-state index contributed by atoms with van der Waals surface area (Å²) in [6.45, 7) is 3.94. The molecule has 1 saturated heterocycles. The standard InChI is InChI=1S/C21H23NO6/c1-12-19(13-7-8-15(24-2)16(9-13)25-3)22(21(12)23)14-10-17(26-4)20(28-6)18(11-14)27-5/h7-11,19H,1H2,2-6H3/t19-/m1/s1. The zero-order valence-corrected chi connectivity index (χ0v) is 16.6. The summed E-state index contributed by atoms with van der Waals surface area (Å²) in [5, 5.41) is 0. The Kier molecular flexibility index (Phi) is 5.35. The molecule has 1 amide bonds. The summed E-state index contributed by atoms with van der Waals surface area (Å²) in [6, 6.07) is 8.66. The molecule has 7 heteroatoms. The normalized spacial score (nSPS) is 15.8. The lowest BCUT2D eigenvalue weighted by atomic mass is 9.88. The van der Waals surface area contributed by atoms with Crippen LogP contribution in [0.4, 0.5) is 5.69 Å². The van der Waals surface area contributed by atoms with Gasteiger partial charge in [-0.25, -0.2) is 0 Å². The van der Waals surface area contributed by atoms with Crippen molar-refractivity contribution in [3.63, 3.8) is 0 Å². The first kappa shape index (κ1) is 19.4. The van der Waals surface area contributed by atoms with E-state index in [0.717, 1.165) is 5.56 Å². The van der Waals surface area contributed by atoms with Crippen molar-refractivity contribution >= 4 is 11.6 Å². The van der Waals surface area contributed by atoms with Crippen LogP contribution in [0.5, 0.6) is 28.7 Å². The van der Waals surface area contributed by atoms with Crippen LogP contribution in [0.15, 0.2) is 42.5 Å². The number of benzene rings is 2. The van der Waals surface area contributed by atoms with Gasteiger partial charge in [0.1, 0.15) is 0 Å². The molecule has 0 spiro atoms. The van der Waals surface area contributed by atoms with Gasteiger partial charge in [-0.1, -0.05) is 12.6 Å². The molecule has 7 nitrogen and oxygen atoms in total. The molecule has 2 aromatic carbocycles. The van der Waals surface area contributed by atoms with Gasteiger partial charge < -0.3 is 23.7 Å². The van der Waals surface area contributed by atoms with Crippen molar-refractivity contribution in [3.8, 4) is 28.7 Å². The van der Waals surface area contributed by atoms with E-state index in [1.165, 1.54) is 21.3 Å². The van der Waals surface area contributed by atoms with Gasteiger partial charge >= 0.3 is 0 Å². The molecule has 1 fully saturated rings. The number of carbonyl (C=O) groups excluding carboxylic acids is 1. The molecule has 0 aromatic heterocycles. The number of ether oxygens (including phenoxy) is 5. The third-order valence-corrected chi connectivity index (χ3v) is 4.73. The van der Waals surface area contributed by atoms with Gasteiger partial charge in [0.25, 0.3) is 5.91 Å². The minimum Gasteiger partial charge on any atom is -0.493 e. The van der Waals surface area contributed by atoms with Crippen molar-refractivity contribution in [2.24, 2.45) is 0 Å². The van der Waals surface area contributed by atoms with Crippen LogP contribution < -0.4 is 28.6 Å². The Balaban J connectivity index is 2.07. The number of anilines is 1. The lowest BCUT2D eigenvalue weighted by molar-refractivity contribution is -0.118. The molecule has 0 unspecified atom stereocenters. The summed E-state index contributed by atoms with van der Waals surface area (Å²) in [5.74, 6) is 2.41. The molecule has 0 saturated carbocycles. The molecule has 3 rings (SSSR count). The first-order chi connectivity index (χ1) is 13.5. The third kappa shape index (κ3) is 2.98. The predicted molar refractivity (Wildman–Crippen MR) is 105 cm³/mol. The number of methoxy groups -OCH3 is 5. The van der Waals surface area contributed by atoms with E-state index in [1.54, 1.807) is 37.3 Å². The summed E-state index contributed by atoms with van der Waals surface area (Å²) >= 11 is 0. The maximum Gasteiger partial charge on any atom is 0.256 e. The fourth-order valence-electron chi connectivity index (χ4n) is 3.32. The van der Waals surface area contributed by atoms with Crippen molar-refractivity contribution in [2.75, 3.05) is 40.4 Å². The summed E-state index contributed by atoms with van der Waals surface area (Å²) in [7, 11) is 7.74. The molecular formula is C21H23NO6. The SMILES string of the molecule is C=C1C(=O)N(c2cc(OC)c(OC)c(OC)c2)[C@H]1c1ccc(OC)c(OC)c1. The molecule has 0 aliphatic carbocycles. The van der Waals surface area contributed by atoms with E-state index < -0.39 is 0 Å². The van der Waals surface area contributed by atoms with Crippen LogP contribution in [0, 0.1) is 0 Å². The molecule has 28 heavy (non-hydrogen) atoms. The lowest BCUT2D eigenvalue weighted by Crippen LogP contribution is -2.48. The van der Waals surface area contributed by atoms with Gasteiger partial charge in [-0.2, -0.15) is 0 Å². The van der Waals surface area contributed by atoms with E-state index >= 15 is 0 Å².